The number of benzene rings is 2. The van der Waals surface area contributed by atoms with Crippen molar-refractivity contribution in [3.8, 4) is 16.9 Å². The van der Waals surface area contributed by atoms with E-state index >= 15 is 0 Å². The Hall–Kier alpha value is -1.66. The van der Waals surface area contributed by atoms with Crippen molar-refractivity contribution in [1.82, 2.24) is 0 Å². The highest BCUT2D eigenvalue weighted by atomic mass is 31.1. The summed E-state index contributed by atoms with van der Waals surface area (Å²) in [4.78, 5) is 0. The first-order valence-electron chi connectivity index (χ1n) is 5.00. The molecule has 0 fully saturated rings. The summed E-state index contributed by atoms with van der Waals surface area (Å²) in [6.45, 7) is 1.54. The second-order valence-corrected chi connectivity index (χ2v) is 4.48. The maximum absolute atomic E-state index is 10.9. The van der Waals surface area contributed by atoms with E-state index in [1.54, 1.807) is 6.66 Å². The zero-order chi connectivity index (χ0) is 11.4. The zero-order valence-corrected chi connectivity index (χ0v) is 9.85. The third kappa shape index (κ3) is 2.68. The maximum Gasteiger partial charge on any atom is 0.552 e. The Balaban J connectivity index is 2.23. The molecule has 0 heterocycles. The molecule has 1 unspecified atom stereocenters. The van der Waals surface area contributed by atoms with E-state index in [1.165, 1.54) is 0 Å². The lowest BCUT2D eigenvalue weighted by Gasteiger charge is -2.00. The molecule has 0 bridgehead atoms. The van der Waals surface area contributed by atoms with Crippen LogP contribution in [-0.4, -0.2) is 6.66 Å². The lowest BCUT2D eigenvalue weighted by atomic mass is 10.1. The van der Waals surface area contributed by atoms with Gasteiger partial charge in [0.25, 0.3) is 0 Å². The Morgan fingerprint density at radius 2 is 1.44 bits per heavy atom. The Kier molecular flexibility index (Phi) is 3.33. The van der Waals surface area contributed by atoms with Gasteiger partial charge < -0.3 is 0 Å². The summed E-state index contributed by atoms with van der Waals surface area (Å²) >= 11 is 0. The minimum atomic E-state index is -1.59. The second kappa shape index (κ2) is 4.91. The molecule has 0 aliphatic rings. The Bertz CT molecular complexity index is 477. The topological polar surface area (TPSA) is 26.3 Å². The summed E-state index contributed by atoms with van der Waals surface area (Å²) in [5.74, 6) is 0.642. The van der Waals surface area contributed by atoms with E-state index in [2.05, 4.69) is 12.1 Å². The van der Waals surface area contributed by atoms with Gasteiger partial charge in [-0.3, -0.25) is 4.52 Å². The maximum atomic E-state index is 10.9. The van der Waals surface area contributed by atoms with E-state index in [0.29, 0.717) is 5.75 Å². The first kappa shape index (κ1) is 10.8. The van der Waals surface area contributed by atoms with E-state index < -0.39 is 8.03 Å². The Labute approximate surface area is 95.8 Å². The van der Waals surface area contributed by atoms with Crippen LogP contribution in [0, 0.1) is 0 Å². The van der Waals surface area contributed by atoms with Gasteiger partial charge >= 0.3 is 8.03 Å². The molecular formula is C13H12O2P+. The first-order chi connectivity index (χ1) is 7.75. The fourth-order valence-electron chi connectivity index (χ4n) is 1.49. The van der Waals surface area contributed by atoms with Gasteiger partial charge in [0.1, 0.15) is 0 Å². The van der Waals surface area contributed by atoms with Crippen LogP contribution >= 0.6 is 8.03 Å². The summed E-state index contributed by atoms with van der Waals surface area (Å²) in [5.41, 5.74) is 2.29. The van der Waals surface area contributed by atoms with E-state index in [1.807, 2.05) is 42.5 Å². The summed E-state index contributed by atoms with van der Waals surface area (Å²) in [6.07, 6.45) is 0. The number of hydrogen-bond donors (Lipinski definition) is 0. The largest absolute Gasteiger partial charge is 0.552 e. The second-order valence-electron chi connectivity index (χ2n) is 3.42. The van der Waals surface area contributed by atoms with Crippen molar-refractivity contribution in [3.63, 3.8) is 0 Å². The van der Waals surface area contributed by atoms with Gasteiger partial charge in [-0.15, -0.1) is 0 Å². The molecule has 0 saturated heterocycles. The third-order valence-corrected chi connectivity index (χ3v) is 2.66. The standard InChI is InChI=1S/C13H12O2P/c1-16(14)15-13-9-7-12(8-10-13)11-5-3-2-4-6-11/h2-10H,1H3/q+1. The van der Waals surface area contributed by atoms with Crippen LogP contribution in [0.3, 0.4) is 0 Å². The molecule has 0 radical (unpaired) electrons. The molecule has 3 heteroatoms. The molecule has 16 heavy (non-hydrogen) atoms. The van der Waals surface area contributed by atoms with Crippen LogP contribution in [0.1, 0.15) is 0 Å². The van der Waals surface area contributed by atoms with E-state index in [4.69, 9.17) is 4.52 Å². The number of rotatable bonds is 3. The molecule has 2 aromatic rings. The molecule has 2 rings (SSSR count). The summed E-state index contributed by atoms with van der Waals surface area (Å²) in [7, 11) is -1.59. The average molecular weight is 231 g/mol. The van der Waals surface area contributed by atoms with Crippen LogP contribution < -0.4 is 4.52 Å². The minimum Gasteiger partial charge on any atom is -0.255 e. The summed E-state index contributed by atoms with van der Waals surface area (Å²) in [6, 6.07) is 17.7. The van der Waals surface area contributed by atoms with Gasteiger partial charge in [-0.1, -0.05) is 42.5 Å². The third-order valence-electron chi connectivity index (χ3n) is 2.20. The Morgan fingerprint density at radius 1 is 0.875 bits per heavy atom. The highest BCUT2D eigenvalue weighted by Crippen LogP contribution is 2.26. The van der Waals surface area contributed by atoms with Gasteiger partial charge in [0, 0.05) is 0 Å². The minimum absolute atomic E-state index is 0.642. The highest BCUT2D eigenvalue weighted by molar-refractivity contribution is 7.38. The van der Waals surface area contributed by atoms with E-state index in [9.17, 15) is 4.57 Å². The van der Waals surface area contributed by atoms with Crippen molar-refractivity contribution in [1.29, 1.82) is 0 Å². The predicted octanol–water partition coefficient (Wildman–Crippen LogP) is 4.10. The molecule has 2 aromatic carbocycles. The molecule has 1 atom stereocenters. The van der Waals surface area contributed by atoms with Gasteiger partial charge in [-0.2, -0.15) is 0 Å². The molecule has 0 aromatic heterocycles. The van der Waals surface area contributed by atoms with Crippen LogP contribution in [0.2, 0.25) is 0 Å². The predicted molar refractivity (Wildman–Crippen MR) is 66.0 cm³/mol. The van der Waals surface area contributed by atoms with Gasteiger partial charge in [-0.25, -0.2) is 0 Å². The molecule has 80 valence electrons. The Morgan fingerprint density at radius 3 is 2.00 bits per heavy atom. The van der Waals surface area contributed by atoms with Crippen LogP contribution in [0.15, 0.2) is 54.6 Å². The molecule has 2 nitrogen and oxygen atoms in total. The molecule has 0 aliphatic heterocycles. The van der Waals surface area contributed by atoms with Crippen LogP contribution in [0.4, 0.5) is 0 Å². The van der Waals surface area contributed by atoms with Crippen molar-refractivity contribution >= 4 is 8.03 Å². The lowest BCUT2D eigenvalue weighted by Crippen LogP contribution is -1.80. The first-order valence-corrected chi connectivity index (χ1v) is 6.62. The fraction of sp³-hybridized carbons (Fsp3) is 0.0769. The van der Waals surface area contributed by atoms with Crippen molar-refractivity contribution in [3.05, 3.63) is 54.6 Å². The monoisotopic (exact) mass is 231 g/mol. The summed E-state index contributed by atoms with van der Waals surface area (Å²) in [5, 5.41) is 0. The smallest absolute Gasteiger partial charge is 0.255 e. The lowest BCUT2D eigenvalue weighted by molar-refractivity contribution is 0.511. The van der Waals surface area contributed by atoms with Crippen LogP contribution in [0.25, 0.3) is 11.1 Å². The van der Waals surface area contributed by atoms with Gasteiger partial charge in [0.2, 0.25) is 0 Å². The molecule has 0 N–H and O–H groups in total. The average Bonchev–Trinajstić information content (AvgIpc) is 2.30. The fourth-order valence-corrected chi connectivity index (χ4v) is 1.91. The molecular weight excluding hydrogens is 219 g/mol. The molecule has 0 amide bonds. The quantitative estimate of drug-likeness (QED) is 0.743. The number of hydrogen-bond acceptors (Lipinski definition) is 2. The SMILES string of the molecule is C[P+](=O)Oc1ccc(-c2ccccc2)cc1. The zero-order valence-electron chi connectivity index (χ0n) is 8.96. The van der Waals surface area contributed by atoms with E-state index in [-0.39, 0.29) is 0 Å². The van der Waals surface area contributed by atoms with Crippen molar-refractivity contribution in [2.24, 2.45) is 0 Å². The van der Waals surface area contributed by atoms with E-state index in [0.717, 1.165) is 11.1 Å². The van der Waals surface area contributed by atoms with Crippen molar-refractivity contribution in [2.75, 3.05) is 6.66 Å². The van der Waals surface area contributed by atoms with Gasteiger partial charge in [-0.05, 0) is 27.8 Å². The van der Waals surface area contributed by atoms with Crippen LogP contribution in [0.5, 0.6) is 5.75 Å². The van der Waals surface area contributed by atoms with Gasteiger partial charge in [0.05, 0.1) is 0 Å². The molecule has 0 saturated carbocycles. The van der Waals surface area contributed by atoms with Crippen LogP contribution in [-0.2, 0) is 4.57 Å². The van der Waals surface area contributed by atoms with Gasteiger partial charge in [0.15, 0.2) is 12.4 Å². The molecule has 0 aliphatic carbocycles. The summed E-state index contributed by atoms with van der Waals surface area (Å²) < 4.78 is 16.0. The highest BCUT2D eigenvalue weighted by Gasteiger charge is 2.08. The normalized spacial score (nSPS) is 10.9. The van der Waals surface area contributed by atoms with Crippen molar-refractivity contribution in [2.45, 2.75) is 0 Å². The van der Waals surface area contributed by atoms with Crippen molar-refractivity contribution < 1.29 is 9.09 Å². The molecule has 0 spiro atoms.